The Morgan fingerprint density at radius 2 is 1.76 bits per heavy atom. The summed E-state index contributed by atoms with van der Waals surface area (Å²) in [5, 5.41) is 14.9. The molecule has 0 bridgehead atoms. The van der Waals surface area contributed by atoms with E-state index in [0.29, 0.717) is 12.8 Å². The number of nitrogens with one attached hydrogen (secondary N) is 2. The van der Waals surface area contributed by atoms with E-state index in [-0.39, 0.29) is 38.7 Å². The maximum atomic E-state index is 12.8. The Morgan fingerprint density at radius 3 is 2.32 bits per heavy atom. The Kier molecular flexibility index (Phi) is 7.17. The first-order valence-corrected chi connectivity index (χ1v) is 11.7. The maximum Gasteiger partial charge on any atom is 0.407 e. The van der Waals surface area contributed by atoms with Crippen molar-refractivity contribution >= 4 is 18.0 Å². The molecule has 2 aliphatic rings. The van der Waals surface area contributed by atoms with Gasteiger partial charge in [0, 0.05) is 25.5 Å². The number of carboxylic acid groups (broad SMARTS) is 1. The molecule has 1 saturated heterocycles. The summed E-state index contributed by atoms with van der Waals surface area (Å²) in [6.45, 7) is 2.39. The summed E-state index contributed by atoms with van der Waals surface area (Å²) in [7, 11) is 0. The fraction of sp³-hybridized carbons (Fsp3) is 0.423. The van der Waals surface area contributed by atoms with Crippen molar-refractivity contribution in [2.45, 2.75) is 37.6 Å². The number of carboxylic acids is 1. The van der Waals surface area contributed by atoms with Crippen LogP contribution in [0.15, 0.2) is 48.5 Å². The topological polar surface area (TPSA) is 114 Å². The lowest BCUT2D eigenvalue weighted by molar-refractivity contribution is -0.148. The smallest absolute Gasteiger partial charge is 0.407 e. The molecule has 0 spiro atoms. The van der Waals surface area contributed by atoms with Gasteiger partial charge in [0.2, 0.25) is 5.91 Å². The van der Waals surface area contributed by atoms with Crippen LogP contribution in [0.3, 0.4) is 0 Å². The van der Waals surface area contributed by atoms with Crippen LogP contribution in [0.25, 0.3) is 11.1 Å². The highest BCUT2D eigenvalue weighted by atomic mass is 16.5. The predicted octanol–water partition coefficient (Wildman–Crippen LogP) is 3.30. The van der Waals surface area contributed by atoms with Crippen molar-refractivity contribution in [3.63, 3.8) is 0 Å². The minimum absolute atomic E-state index is 0.0503. The minimum atomic E-state index is -1.41. The van der Waals surface area contributed by atoms with Gasteiger partial charge in [-0.3, -0.25) is 4.79 Å². The average molecular weight is 467 g/mol. The Bertz CT molecular complexity index is 1020. The van der Waals surface area contributed by atoms with E-state index in [4.69, 9.17) is 9.47 Å². The zero-order valence-corrected chi connectivity index (χ0v) is 19.2. The van der Waals surface area contributed by atoms with Crippen molar-refractivity contribution in [1.29, 1.82) is 0 Å². The van der Waals surface area contributed by atoms with Gasteiger partial charge in [-0.15, -0.1) is 0 Å². The monoisotopic (exact) mass is 466 g/mol. The first kappa shape index (κ1) is 23.8. The van der Waals surface area contributed by atoms with Crippen LogP contribution in [0.2, 0.25) is 0 Å². The third-order valence-corrected chi connectivity index (χ3v) is 6.64. The fourth-order valence-corrected chi connectivity index (χ4v) is 4.75. The maximum absolute atomic E-state index is 12.8. The molecule has 180 valence electrons. The molecule has 1 fully saturated rings. The van der Waals surface area contributed by atoms with E-state index < -0.39 is 29.4 Å². The summed E-state index contributed by atoms with van der Waals surface area (Å²) in [4.78, 5) is 37.0. The third kappa shape index (κ3) is 4.77. The van der Waals surface area contributed by atoms with E-state index >= 15 is 0 Å². The van der Waals surface area contributed by atoms with Crippen molar-refractivity contribution in [2.24, 2.45) is 5.92 Å². The number of rotatable bonds is 9. The molecular weight excluding hydrogens is 436 g/mol. The molecule has 1 heterocycles. The number of carbonyl (C=O) groups is 3. The zero-order chi connectivity index (χ0) is 24.1. The van der Waals surface area contributed by atoms with Crippen molar-refractivity contribution in [3.05, 3.63) is 59.7 Å². The van der Waals surface area contributed by atoms with Crippen molar-refractivity contribution in [1.82, 2.24) is 10.6 Å². The molecule has 2 atom stereocenters. The summed E-state index contributed by atoms with van der Waals surface area (Å²) >= 11 is 0. The molecule has 8 nitrogen and oxygen atoms in total. The van der Waals surface area contributed by atoms with Gasteiger partial charge in [0.1, 0.15) is 6.61 Å². The largest absolute Gasteiger partial charge is 0.479 e. The lowest BCUT2D eigenvalue weighted by atomic mass is 9.95. The molecular formula is C26H30N2O6. The van der Waals surface area contributed by atoms with Gasteiger partial charge < -0.3 is 25.2 Å². The molecule has 1 aliphatic carbocycles. The number of fused-ring (bicyclic) bond motifs is 3. The van der Waals surface area contributed by atoms with Crippen LogP contribution in [0.4, 0.5) is 4.79 Å². The van der Waals surface area contributed by atoms with Crippen molar-refractivity contribution in [2.75, 3.05) is 26.4 Å². The van der Waals surface area contributed by atoms with Gasteiger partial charge in [0.15, 0.2) is 5.54 Å². The third-order valence-electron chi connectivity index (χ3n) is 6.64. The molecule has 0 aromatic heterocycles. The lowest BCUT2D eigenvalue weighted by Crippen LogP contribution is -2.57. The second-order valence-corrected chi connectivity index (χ2v) is 8.87. The summed E-state index contributed by atoms with van der Waals surface area (Å²) in [6, 6.07) is 16.2. The second kappa shape index (κ2) is 10.3. The number of aliphatic carboxylic acids is 1. The van der Waals surface area contributed by atoms with E-state index in [1.807, 2.05) is 43.3 Å². The van der Waals surface area contributed by atoms with Crippen LogP contribution in [-0.2, 0) is 19.1 Å². The number of ether oxygens (including phenoxy) is 2. The summed E-state index contributed by atoms with van der Waals surface area (Å²) < 4.78 is 10.7. The normalized spacial score (nSPS) is 19.7. The molecule has 4 rings (SSSR count). The van der Waals surface area contributed by atoms with Gasteiger partial charge in [-0.25, -0.2) is 9.59 Å². The van der Waals surface area contributed by atoms with E-state index in [1.165, 1.54) is 0 Å². The highest BCUT2D eigenvalue weighted by Crippen LogP contribution is 2.44. The first-order valence-electron chi connectivity index (χ1n) is 11.7. The van der Waals surface area contributed by atoms with Gasteiger partial charge in [0.25, 0.3) is 0 Å². The Balaban J connectivity index is 1.34. The standard InChI is InChI=1S/C26H30N2O6/c1-2-7-17(23(29)28-26(24(30)31)12-13-33-16-26)14-27-25(32)34-15-22-20-10-5-3-8-18(20)19-9-4-6-11-21(19)22/h3-6,8-11,17,22H,2,7,12-16H2,1H3,(H,27,32)(H,28,29)(H,30,31). The number of benzene rings is 2. The molecule has 3 N–H and O–H groups in total. The van der Waals surface area contributed by atoms with Crippen LogP contribution in [-0.4, -0.2) is 55.0 Å². The van der Waals surface area contributed by atoms with Gasteiger partial charge in [-0.2, -0.15) is 0 Å². The second-order valence-electron chi connectivity index (χ2n) is 8.87. The van der Waals surface area contributed by atoms with Crippen molar-refractivity contribution < 1.29 is 29.0 Å². The highest BCUT2D eigenvalue weighted by molar-refractivity contribution is 5.89. The van der Waals surface area contributed by atoms with E-state index in [0.717, 1.165) is 22.3 Å². The number of amides is 2. The van der Waals surface area contributed by atoms with E-state index in [1.54, 1.807) is 0 Å². The SMILES string of the molecule is CCCC(CNC(=O)OCC1c2ccccc2-c2ccccc21)C(=O)NC1(C(=O)O)CCOC1. The van der Waals surface area contributed by atoms with Crippen LogP contribution < -0.4 is 10.6 Å². The molecule has 1 aliphatic heterocycles. The zero-order valence-electron chi connectivity index (χ0n) is 19.2. The quantitative estimate of drug-likeness (QED) is 0.523. The summed E-state index contributed by atoms with van der Waals surface area (Å²) in [5.41, 5.74) is 3.13. The summed E-state index contributed by atoms with van der Waals surface area (Å²) in [5.74, 6) is -2.14. The Morgan fingerprint density at radius 1 is 1.12 bits per heavy atom. The van der Waals surface area contributed by atoms with Gasteiger partial charge in [-0.1, -0.05) is 61.9 Å². The molecule has 2 unspecified atom stereocenters. The average Bonchev–Trinajstić information content (AvgIpc) is 3.44. The molecule has 2 aromatic carbocycles. The van der Waals surface area contributed by atoms with Crippen LogP contribution in [0, 0.1) is 5.92 Å². The number of carbonyl (C=O) groups excluding carboxylic acids is 2. The molecule has 8 heteroatoms. The van der Waals surface area contributed by atoms with Gasteiger partial charge >= 0.3 is 12.1 Å². The number of hydrogen-bond acceptors (Lipinski definition) is 5. The lowest BCUT2D eigenvalue weighted by Gasteiger charge is -2.27. The van der Waals surface area contributed by atoms with Crippen LogP contribution in [0.1, 0.15) is 43.2 Å². The van der Waals surface area contributed by atoms with Crippen molar-refractivity contribution in [3.8, 4) is 11.1 Å². The Hall–Kier alpha value is -3.39. The van der Waals surface area contributed by atoms with E-state index in [2.05, 4.69) is 22.8 Å². The molecule has 2 amide bonds. The fourth-order valence-electron chi connectivity index (χ4n) is 4.75. The van der Waals surface area contributed by atoms with Crippen LogP contribution in [0.5, 0.6) is 0 Å². The van der Waals surface area contributed by atoms with Gasteiger partial charge in [-0.05, 0) is 28.7 Å². The highest BCUT2D eigenvalue weighted by Gasteiger charge is 2.44. The van der Waals surface area contributed by atoms with E-state index in [9.17, 15) is 19.5 Å². The molecule has 0 saturated carbocycles. The molecule has 34 heavy (non-hydrogen) atoms. The molecule has 2 aromatic rings. The molecule has 0 radical (unpaired) electrons. The van der Waals surface area contributed by atoms with Crippen LogP contribution >= 0.6 is 0 Å². The van der Waals surface area contributed by atoms with Gasteiger partial charge in [0.05, 0.1) is 12.5 Å². The number of hydrogen-bond donors (Lipinski definition) is 3. The minimum Gasteiger partial charge on any atom is -0.479 e. The Labute approximate surface area is 198 Å². The number of alkyl carbamates (subject to hydrolysis) is 1. The predicted molar refractivity (Wildman–Crippen MR) is 125 cm³/mol. The first-order chi connectivity index (χ1) is 16.4. The summed E-state index contributed by atoms with van der Waals surface area (Å²) in [6.07, 6.45) is 0.827.